The van der Waals surface area contributed by atoms with Crippen molar-refractivity contribution in [1.82, 2.24) is 5.32 Å². The van der Waals surface area contributed by atoms with Crippen molar-refractivity contribution in [3.8, 4) is 11.8 Å². The summed E-state index contributed by atoms with van der Waals surface area (Å²) in [5.41, 5.74) is 2.65. The van der Waals surface area contributed by atoms with Gasteiger partial charge in [0.05, 0.1) is 0 Å². The van der Waals surface area contributed by atoms with Crippen molar-refractivity contribution in [1.29, 1.82) is 0 Å². The minimum Gasteiger partial charge on any atom is -0.356 e. The maximum atomic E-state index is 12.4. The number of hydrogen-bond donors (Lipinski definition) is 1. The molecule has 0 aromatic heterocycles. The average molecular weight is 408 g/mol. The predicted molar refractivity (Wildman–Crippen MR) is 126 cm³/mol. The van der Waals surface area contributed by atoms with Crippen LogP contribution in [0.15, 0.2) is 48.1 Å². The fourth-order valence-electron chi connectivity index (χ4n) is 4.62. The van der Waals surface area contributed by atoms with E-state index >= 15 is 0 Å². The van der Waals surface area contributed by atoms with Gasteiger partial charge in [-0.1, -0.05) is 68.0 Å². The first-order valence-electron chi connectivity index (χ1n) is 11.1. The van der Waals surface area contributed by atoms with Gasteiger partial charge in [0.1, 0.15) is 0 Å². The first kappa shape index (κ1) is 21.9. The average Bonchev–Trinajstić information content (AvgIpc) is 2.98. The summed E-state index contributed by atoms with van der Waals surface area (Å²) in [7, 11) is 2.75. The molecule has 0 radical (unpaired) electrons. The van der Waals surface area contributed by atoms with Gasteiger partial charge >= 0.3 is 0 Å². The Morgan fingerprint density at radius 2 is 2.10 bits per heavy atom. The number of nitrogens with one attached hydrogen (secondary N) is 1. The highest BCUT2D eigenvalue weighted by atomic mass is 31.0. The van der Waals surface area contributed by atoms with Crippen LogP contribution in [0.5, 0.6) is 0 Å². The molecular weight excluding hydrogens is 373 g/mol. The van der Waals surface area contributed by atoms with Crippen LogP contribution in [-0.4, -0.2) is 12.5 Å². The Bertz CT molecular complexity index is 796. The number of carbonyl (C=O) groups excluding carboxylic acids is 1. The molecule has 4 unspecified atom stereocenters. The second-order valence-corrected chi connectivity index (χ2v) is 9.28. The molecule has 0 spiro atoms. The zero-order valence-electron chi connectivity index (χ0n) is 17.6. The molecule has 0 bridgehead atoms. The molecule has 4 atom stereocenters. The highest BCUT2D eigenvalue weighted by Gasteiger charge is 2.21. The molecule has 2 nitrogen and oxygen atoms in total. The van der Waals surface area contributed by atoms with Crippen molar-refractivity contribution in [3.63, 3.8) is 0 Å². The van der Waals surface area contributed by atoms with Crippen LogP contribution in [0.1, 0.15) is 69.8 Å². The predicted octanol–water partition coefficient (Wildman–Crippen LogP) is 5.27. The van der Waals surface area contributed by atoms with E-state index < -0.39 is 0 Å². The molecule has 2 aliphatic carbocycles. The van der Waals surface area contributed by atoms with Gasteiger partial charge in [-0.3, -0.25) is 4.79 Å². The molecule has 2 aliphatic rings. The quantitative estimate of drug-likeness (QED) is 0.355. The van der Waals surface area contributed by atoms with E-state index in [4.69, 9.17) is 0 Å². The number of carbonyl (C=O) groups is 1. The lowest BCUT2D eigenvalue weighted by atomic mass is 9.81. The van der Waals surface area contributed by atoms with E-state index in [-0.39, 0.29) is 5.91 Å². The summed E-state index contributed by atoms with van der Waals surface area (Å²) in [5.74, 6) is 8.15. The van der Waals surface area contributed by atoms with Crippen LogP contribution in [-0.2, 0) is 4.79 Å². The van der Waals surface area contributed by atoms with Crippen molar-refractivity contribution in [2.45, 2.75) is 64.2 Å². The van der Waals surface area contributed by atoms with Gasteiger partial charge in [-0.25, -0.2) is 0 Å². The Morgan fingerprint density at radius 3 is 2.90 bits per heavy atom. The summed E-state index contributed by atoms with van der Waals surface area (Å²) in [6.45, 7) is 3.07. The second-order valence-electron chi connectivity index (χ2n) is 8.62. The van der Waals surface area contributed by atoms with Gasteiger partial charge in [-0.05, 0) is 60.0 Å². The van der Waals surface area contributed by atoms with E-state index in [0.717, 1.165) is 31.7 Å². The van der Waals surface area contributed by atoms with Crippen molar-refractivity contribution in [2.24, 2.45) is 11.8 Å². The number of benzene rings is 1. The molecule has 1 N–H and O–H groups in total. The summed E-state index contributed by atoms with van der Waals surface area (Å²) < 4.78 is 0. The van der Waals surface area contributed by atoms with Crippen molar-refractivity contribution < 1.29 is 4.79 Å². The lowest BCUT2D eigenvalue weighted by Crippen LogP contribution is -2.28. The van der Waals surface area contributed by atoms with E-state index in [1.54, 1.807) is 0 Å². The van der Waals surface area contributed by atoms with Gasteiger partial charge in [0.25, 0.3) is 0 Å². The van der Waals surface area contributed by atoms with Crippen molar-refractivity contribution in [3.05, 3.63) is 53.6 Å². The molecule has 1 fully saturated rings. The van der Waals surface area contributed by atoms with E-state index in [9.17, 15) is 4.79 Å². The molecule has 3 heteroatoms. The molecule has 3 rings (SSSR count). The smallest absolute Gasteiger partial charge is 0.220 e. The second kappa shape index (κ2) is 11.4. The first-order chi connectivity index (χ1) is 14.1. The number of allylic oxidation sites excluding steroid dienone is 4. The Hall–Kier alpha value is -1.84. The summed E-state index contributed by atoms with van der Waals surface area (Å²) >= 11 is 0. The normalized spacial score (nSPS) is 22.1. The minimum absolute atomic E-state index is 0.231. The minimum atomic E-state index is 0.231. The summed E-state index contributed by atoms with van der Waals surface area (Å²) in [5, 5.41) is 4.37. The third-order valence-electron chi connectivity index (χ3n) is 6.15. The van der Waals surface area contributed by atoms with Gasteiger partial charge in [-0.15, -0.1) is 9.24 Å². The first-order valence-corrected chi connectivity index (χ1v) is 11.7. The molecule has 0 saturated heterocycles. The lowest BCUT2D eigenvalue weighted by Gasteiger charge is -2.26. The van der Waals surface area contributed by atoms with Crippen LogP contribution in [0.4, 0.5) is 0 Å². The van der Waals surface area contributed by atoms with Crippen LogP contribution in [0, 0.1) is 23.7 Å². The van der Waals surface area contributed by atoms with Gasteiger partial charge in [0.15, 0.2) is 0 Å². The van der Waals surface area contributed by atoms with Crippen LogP contribution in [0.25, 0.3) is 0 Å². The Morgan fingerprint density at radius 1 is 1.28 bits per heavy atom. The summed E-state index contributed by atoms with van der Waals surface area (Å²) in [6, 6.07) is 8.74. The molecule has 1 amide bonds. The third-order valence-corrected chi connectivity index (χ3v) is 6.54. The molecule has 0 aliphatic heterocycles. The van der Waals surface area contributed by atoms with E-state index in [1.807, 2.05) is 6.08 Å². The number of rotatable bonds is 8. The van der Waals surface area contributed by atoms with Crippen molar-refractivity contribution >= 4 is 20.5 Å². The molecule has 1 saturated carbocycles. The van der Waals surface area contributed by atoms with E-state index in [1.165, 1.54) is 42.1 Å². The summed E-state index contributed by atoms with van der Waals surface area (Å²) in [6.07, 6.45) is 14.9. The largest absolute Gasteiger partial charge is 0.356 e. The molecule has 1 aromatic rings. The zero-order valence-corrected chi connectivity index (χ0v) is 18.8. The molecule has 0 heterocycles. The van der Waals surface area contributed by atoms with Crippen molar-refractivity contribution in [2.75, 3.05) is 6.54 Å². The molecule has 154 valence electrons. The lowest BCUT2D eigenvalue weighted by molar-refractivity contribution is -0.122. The van der Waals surface area contributed by atoms with Gasteiger partial charge in [0.2, 0.25) is 5.91 Å². The fraction of sp³-hybridized carbons (Fsp3) is 0.500. The van der Waals surface area contributed by atoms with Crippen LogP contribution < -0.4 is 10.6 Å². The number of hydrogen-bond acceptors (Lipinski definition) is 1. The maximum absolute atomic E-state index is 12.4. The van der Waals surface area contributed by atoms with E-state index in [2.05, 4.69) is 69.7 Å². The Labute approximate surface area is 178 Å². The van der Waals surface area contributed by atoms with Crippen LogP contribution >= 0.6 is 9.24 Å². The van der Waals surface area contributed by atoms with E-state index in [0.29, 0.717) is 18.3 Å². The fourth-order valence-corrected chi connectivity index (χ4v) is 4.81. The zero-order chi connectivity index (χ0) is 20.5. The monoisotopic (exact) mass is 407 g/mol. The summed E-state index contributed by atoms with van der Waals surface area (Å²) in [4.78, 5) is 12.4. The van der Waals surface area contributed by atoms with Gasteiger partial charge in [0, 0.05) is 25.3 Å². The SMILES string of the molecule is CC1CCCC(CC(=O)NCCCC(C2=CCC#CC=C2)c2ccc(P)cc2)C1. The maximum Gasteiger partial charge on any atom is 0.220 e. The van der Waals surface area contributed by atoms with Crippen LogP contribution in [0.3, 0.4) is 0 Å². The molecule has 29 heavy (non-hydrogen) atoms. The highest BCUT2D eigenvalue weighted by Crippen LogP contribution is 2.32. The third kappa shape index (κ3) is 7.17. The van der Waals surface area contributed by atoms with Gasteiger partial charge < -0.3 is 5.32 Å². The standard InChI is InChI=1S/C26H34NOP/c1-20-8-6-9-21(18-20)19-26(28)27-17-7-12-25(22-10-4-2-3-5-11-22)23-13-15-24(29)16-14-23/h4,10-11,13-16,20-21,25H,5-9,12,17-19,29H2,1H3,(H,27,28). The van der Waals surface area contributed by atoms with Crippen LogP contribution in [0.2, 0.25) is 0 Å². The molecule has 1 aromatic carbocycles. The molecular formula is C26H34NOP. The highest BCUT2D eigenvalue weighted by molar-refractivity contribution is 7.27. The van der Waals surface area contributed by atoms with Gasteiger partial charge in [-0.2, -0.15) is 0 Å². The topological polar surface area (TPSA) is 29.1 Å². The Balaban J connectivity index is 1.51. The number of amides is 1. The Kier molecular flexibility index (Phi) is 8.57.